The SMILES string of the molecule is CC(C)c1ccc(-c2cccc(-c3ccccc3)c2)c(C(C)C)c1C(C)C. The van der Waals surface area contributed by atoms with Gasteiger partial charge in [-0.1, -0.05) is 102 Å². The van der Waals surface area contributed by atoms with Crippen LogP contribution in [0.5, 0.6) is 0 Å². The maximum Gasteiger partial charge on any atom is -0.0146 e. The molecule has 0 radical (unpaired) electrons. The highest BCUT2D eigenvalue weighted by atomic mass is 14.2. The fraction of sp³-hybridized carbons (Fsp3) is 0.333. The van der Waals surface area contributed by atoms with E-state index >= 15 is 0 Å². The Hall–Kier alpha value is -2.34. The van der Waals surface area contributed by atoms with E-state index in [2.05, 4.69) is 108 Å². The summed E-state index contributed by atoms with van der Waals surface area (Å²) in [5.74, 6) is 1.57. The molecule has 0 amide bonds. The Kier molecular flexibility index (Phi) is 5.85. The molecule has 0 heterocycles. The van der Waals surface area contributed by atoms with Crippen molar-refractivity contribution in [2.75, 3.05) is 0 Å². The molecule has 0 N–H and O–H groups in total. The van der Waals surface area contributed by atoms with Crippen LogP contribution in [-0.2, 0) is 0 Å². The molecule has 0 unspecified atom stereocenters. The van der Waals surface area contributed by atoms with Gasteiger partial charge < -0.3 is 0 Å². The van der Waals surface area contributed by atoms with Gasteiger partial charge in [0.05, 0.1) is 0 Å². The van der Waals surface area contributed by atoms with Crippen LogP contribution in [0.4, 0.5) is 0 Å². The molecule has 0 bridgehead atoms. The maximum absolute atomic E-state index is 2.36. The van der Waals surface area contributed by atoms with Gasteiger partial charge in [-0.05, 0) is 62.8 Å². The van der Waals surface area contributed by atoms with Crippen molar-refractivity contribution >= 4 is 0 Å². The molecular weight excluding hydrogens is 324 g/mol. The van der Waals surface area contributed by atoms with Crippen molar-refractivity contribution < 1.29 is 0 Å². The first-order valence-electron chi connectivity index (χ1n) is 10.2. The third kappa shape index (κ3) is 4.00. The highest BCUT2D eigenvalue weighted by molar-refractivity contribution is 5.76. The second-order valence-corrected chi connectivity index (χ2v) is 8.44. The van der Waals surface area contributed by atoms with Crippen LogP contribution in [0.1, 0.15) is 76.0 Å². The predicted molar refractivity (Wildman–Crippen MR) is 120 cm³/mol. The predicted octanol–water partition coefficient (Wildman–Crippen LogP) is 8.39. The van der Waals surface area contributed by atoms with E-state index in [-0.39, 0.29) is 0 Å². The highest BCUT2D eigenvalue weighted by Crippen LogP contribution is 2.40. The lowest BCUT2D eigenvalue weighted by Crippen LogP contribution is -2.07. The van der Waals surface area contributed by atoms with Gasteiger partial charge in [0.15, 0.2) is 0 Å². The van der Waals surface area contributed by atoms with E-state index < -0.39 is 0 Å². The molecule has 27 heavy (non-hydrogen) atoms. The van der Waals surface area contributed by atoms with E-state index in [1.165, 1.54) is 33.4 Å². The molecule has 3 aromatic rings. The summed E-state index contributed by atoms with van der Waals surface area (Å²) in [4.78, 5) is 0. The van der Waals surface area contributed by atoms with E-state index in [4.69, 9.17) is 0 Å². The topological polar surface area (TPSA) is 0 Å². The summed E-state index contributed by atoms with van der Waals surface area (Å²) in [5, 5.41) is 0. The molecule has 3 rings (SSSR count). The van der Waals surface area contributed by atoms with Gasteiger partial charge in [0.25, 0.3) is 0 Å². The molecule has 0 aliphatic heterocycles. The van der Waals surface area contributed by atoms with Crippen molar-refractivity contribution in [3.63, 3.8) is 0 Å². The Bertz CT molecular complexity index is 899. The van der Waals surface area contributed by atoms with Gasteiger partial charge in [-0.25, -0.2) is 0 Å². The fourth-order valence-electron chi connectivity index (χ4n) is 4.17. The zero-order valence-corrected chi connectivity index (χ0v) is 17.6. The Morgan fingerprint density at radius 3 is 1.67 bits per heavy atom. The van der Waals surface area contributed by atoms with Crippen LogP contribution in [0.15, 0.2) is 66.7 Å². The van der Waals surface area contributed by atoms with Crippen molar-refractivity contribution in [2.45, 2.75) is 59.3 Å². The average molecular weight is 357 g/mol. The largest absolute Gasteiger partial charge is 0.0622 e. The molecule has 0 aliphatic carbocycles. The maximum atomic E-state index is 2.36. The quantitative estimate of drug-likeness (QED) is 0.430. The van der Waals surface area contributed by atoms with E-state index in [0.717, 1.165) is 0 Å². The van der Waals surface area contributed by atoms with Crippen LogP contribution in [0.2, 0.25) is 0 Å². The number of rotatable bonds is 5. The Morgan fingerprint density at radius 2 is 1.07 bits per heavy atom. The molecule has 0 aliphatic rings. The molecular formula is C27H32. The lowest BCUT2D eigenvalue weighted by atomic mass is 9.79. The molecule has 0 saturated carbocycles. The van der Waals surface area contributed by atoms with Crippen LogP contribution in [0.25, 0.3) is 22.3 Å². The van der Waals surface area contributed by atoms with Gasteiger partial charge in [-0.15, -0.1) is 0 Å². The molecule has 3 aromatic carbocycles. The fourth-order valence-corrected chi connectivity index (χ4v) is 4.17. The van der Waals surface area contributed by atoms with Gasteiger partial charge in [-0.2, -0.15) is 0 Å². The molecule has 0 aromatic heterocycles. The molecule has 0 saturated heterocycles. The van der Waals surface area contributed by atoms with E-state index in [9.17, 15) is 0 Å². The second-order valence-electron chi connectivity index (χ2n) is 8.44. The second kappa shape index (κ2) is 8.13. The van der Waals surface area contributed by atoms with Gasteiger partial charge in [0.2, 0.25) is 0 Å². The van der Waals surface area contributed by atoms with Crippen molar-refractivity contribution in [3.05, 3.63) is 83.4 Å². The Balaban J connectivity index is 2.22. The summed E-state index contributed by atoms with van der Waals surface area (Å²) in [7, 11) is 0. The summed E-state index contributed by atoms with van der Waals surface area (Å²) in [6, 6.07) is 24.4. The Morgan fingerprint density at radius 1 is 0.481 bits per heavy atom. The lowest BCUT2D eigenvalue weighted by Gasteiger charge is -2.26. The molecule has 0 fully saturated rings. The van der Waals surface area contributed by atoms with Gasteiger partial charge in [0.1, 0.15) is 0 Å². The minimum Gasteiger partial charge on any atom is -0.0622 e. The van der Waals surface area contributed by atoms with Gasteiger partial charge >= 0.3 is 0 Å². The molecule has 0 spiro atoms. The summed E-state index contributed by atoms with van der Waals surface area (Å²) in [5.41, 5.74) is 9.81. The first kappa shape index (κ1) is 19.4. The number of hydrogen-bond acceptors (Lipinski definition) is 0. The minimum absolute atomic E-state index is 0.497. The monoisotopic (exact) mass is 356 g/mol. The summed E-state index contributed by atoms with van der Waals surface area (Å²) in [6.07, 6.45) is 0. The van der Waals surface area contributed by atoms with Crippen molar-refractivity contribution in [1.82, 2.24) is 0 Å². The van der Waals surface area contributed by atoms with Crippen LogP contribution < -0.4 is 0 Å². The minimum atomic E-state index is 0.497. The normalized spacial score (nSPS) is 11.6. The summed E-state index contributed by atoms with van der Waals surface area (Å²) < 4.78 is 0. The molecule has 140 valence electrons. The molecule has 0 atom stereocenters. The van der Waals surface area contributed by atoms with E-state index in [1.807, 2.05) is 0 Å². The molecule has 0 nitrogen and oxygen atoms in total. The van der Waals surface area contributed by atoms with E-state index in [1.54, 1.807) is 5.56 Å². The Labute approximate surface area is 165 Å². The zero-order valence-electron chi connectivity index (χ0n) is 17.6. The smallest absolute Gasteiger partial charge is 0.0146 e. The summed E-state index contributed by atoms with van der Waals surface area (Å²) >= 11 is 0. The summed E-state index contributed by atoms with van der Waals surface area (Å²) in [6.45, 7) is 13.9. The van der Waals surface area contributed by atoms with Crippen molar-refractivity contribution in [2.24, 2.45) is 0 Å². The third-order valence-corrected chi connectivity index (χ3v) is 5.38. The third-order valence-electron chi connectivity index (χ3n) is 5.38. The number of benzene rings is 3. The highest BCUT2D eigenvalue weighted by Gasteiger charge is 2.20. The van der Waals surface area contributed by atoms with E-state index in [0.29, 0.717) is 17.8 Å². The standard InChI is InChI=1S/C27H32/c1-18(2)24-15-16-25(27(20(5)6)26(24)19(3)4)23-14-10-13-22(17-23)21-11-8-7-9-12-21/h7-20H,1-6H3. The van der Waals surface area contributed by atoms with Crippen LogP contribution in [0, 0.1) is 0 Å². The first-order valence-corrected chi connectivity index (χ1v) is 10.2. The lowest BCUT2D eigenvalue weighted by molar-refractivity contribution is 0.750. The van der Waals surface area contributed by atoms with Crippen LogP contribution in [0.3, 0.4) is 0 Å². The zero-order chi connectivity index (χ0) is 19.6. The average Bonchev–Trinajstić information content (AvgIpc) is 2.67. The van der Waals surface area contributed by atoms with Crippen LogP contribution in [-0.4, -0.2) is 0 Å². The van der Waals surface area contributed by atoms with Crippen molar-refractivity contribution in [3.8, 4) is 22.3 Å². The molecule has 0 heteroatoms. The van der Waals surface area contributed by atoms with Gasteiger partial charge in [-0.3, -0.25) is 0 Å². The number of hydrogen-bond donors (Lipinski definition) is 0. The van der Waals surface area contributed by atoms with Crippen LogP contribution >= 0.6 is 0 Å². The van der Waals surface area contributed by atoms with Gasteiger partial charge in [0, 0.05) is 0 Å². The van der Waals surface area contributed by atoms with Crippen molar-refractivity contribution in [1.29, 1.82) is 0 Å². The first-order chi connectivity index (χ1) is 12.9.